The number of hydrogen-bond acceptors (Lipinski definition) is 5. The van der Waals surface area contributed by atoms with Gasteiger partial charge in [0.2, 0.25) is 11.8 Å². The number of aryl methyl sites for hydroxylation is 1. The first-order valence-electron chi connectivity index (χ1n) is 12.7. The van der Waals surface area contributed by atoms with Crippen LogP contribution < -0.4 is 16.4 Å². The van der Waals surface area contributed by atoms with E-state index < -0.39 is 24.1 Å². The lowest BCUT2D eigenvalue weighted by atomic mass is 9.94. The Bertz CT molecular complexity index is 872. The molecule has 9 heteroatoms. The normalized spacial score (nSPS) is 20.4. The molecule has 192 valence electrons. The quantitative estimate of drug-likeness (QED) is 0.441. The van der Waals surface area contributed by atoms with E-state index >= 15 is 0 Å². The number of amides is 4. The van der Waals surface area contributed by atoms with Gasteiger partial charge in [-0.3, -0.25) is 14.4 Å². The number of nitrogens with two attached hydrogens (primary N) is 1. The van der Waals surface area contributed by atoms with E-state index in [1.54, 1.807) is 4.90 Å². The van der Waals surface area contributed by atoms with E-state index in [0.29, 0.717) is 26.1 Å². The minimum absolute atomic E-state index is 0.0714. The number of likely N-dealkylation sites (tertiary alicyclic amines) is 1. The molecule has 3 rings (SSSR count). The Morgan fingerprint density at radius 1 is 1.17 bits per heavy atom. The molecule has 0 bridgehead atoms. The smallest absolute Gasteiger partial charge is 0.405 e. The Morgan fingerprint density at radius 2 is 1.89 bits per heavy atom. The van der Waals surface area contributed by atoms with Crippen molar-refractivity contribution in [3.8, 4) is 0 Å². The molecular formula is C26H38N4O5. The maximum absolute atomic E-state index is 13.3. The lowest BCUT2D eigenvalue weighted by Crippen LogP contribution is -2.53. The van der Waals surface area contributed by atoms with Crippen molar-refractivity contribution >= 4 is 23.8 Å². The van der Waals surface area contributed by atoms with Gasteiger partial charge in [-0.05, 0) is 62.8 Å². The molecule has 4 atom stereocenters. The molecule has 1 aromatic carbocycles. The van der Waals surface area contributed by atoms with Crippen molar-refractivity contribution < 1.29 is 23.9 Å². The lowest BCUT2D eigenvalue weighted by Gasteiger charge is -2.32. The number of hydrogen-bond donors (Lipinski definition) is 3. The van der Waals surface area contributed by atoms with Gasteiger partial charge in [0.15, 0.2) is 6.10 Å². The summed E-state index contributed by atoms with van der Waals surface area (Å²) >= 11 is 0. The summed E-state index contributed by atoms with van der Waals surface area (Å²) in [5.74, 6) is -1.11. The summed E-state index contributed by atoms with van der Waals surface area (Å²) in [6.45, 7) is 3.83. The number of ether oxygens (including phenoxy) is 1. The first-order chi connectivity index (χ1) is 16.8. The molecule has 0 radical (unpaired) electrons. The Labute approximate surface area is 207 Å². The van der Waals surface area contributed by atoms with Crippen molar-refractivity contribution in [3.63, 3.8) is 0 Å². The van der Waals surface area contributed by atoms with E-state index in [1.165, 1.54) is 5.56 Å². The molecule has 1 aromatic rings. The monoisotopic (exact) mass is 486 g/mol. The number of carbonyl (C=O) groups is 4. The summed E-state index contributed by atoms with van der Waals surface area (Å²) < 4.78 is 5.17. The van der Waals surface area contributed by atoms with Gasteiger partial charge in [-0.15, -0.1) is 0 Å². The Kier molecular flexibility index (Phi) is 9.93. The summed E-state index contributed by atoms with van der Waals surface area (Å²) in [6, 6.07) is 9.17. The SMILES string of the molecule is C[C@H](CCc1ccccc1)C[C@@H](OC(N)=O)C(=O)N[C@H](C[C@H]1CCNC1=O)C(=O)N1CCCCC1. The molecule has 2 aliphatic heterocycles. The van der Waals surface area contributed by atoms with Crippen molar-refractivity contribution in [1.29, 1.82) is 0 Å². The van der Waals surface area contributed by atoms with Crippen LogP contribution in [-0.4, -0.2) is 60.5 Å². The number of benzene rings is 1. The second-order valence-electron chi connectivity index (χ2n) is 9.75. The number of rotatable bonds is 11. The van der Waals surface area contributed by atoms with E-state index in [4.69, 9.17) is 10.5 Å². The van der Waals surface area contributed by atoms with E-state index in [9.17, 15) is 19.2 Å². The molecule has 9 nitrogen and oxygen atoms in total. The second-order valence-corrected chi connectivity index (χ2v) is 9.75. The first-order valence-corrected chi connectivity index (χ1v) is 12.7. The second kappa shape index (κ2) is 13.1. The summed E-state index contributed by atoms with van der Waals surface area (Å²) in [5, 5.41) is 5.59. The van der Waals surface area contributed by atoms with Crippen molar-refractivity contribution in [2.24, 2.45) is 17.6 Å². The predicted molar refractivity (Wildman–Crippen MR) is 131 cm³/mol. The van der Waals surface area contributed by atoms with E-state index in [-0.39, 0.29) is 36.5 Å². The first kappa shape index (κ1) is 26.5. The zero-order valence-electron chi connectivity index (χ0n) is 20.5. The number of nitrogens with one attached hydrogen (secondary N) is 2. The fourth-order valence-electron chi connectivity index (χ4n) is 4.87. The van der Waals surface area contributed by atoms with Gasteiger partial charge in [0.05, 0.1) is 0 Å². The van der Waals surface area contributed by atoms with Gasteiger partial charge in [-0.1, -0.05) is 37.3 Å². The zero-order valence-corrected chi connectivity index (χ0v) is 20.5. The molecule has 4 amide bonds. The van der Waals surface area contributed by atoms with Gasteiger partial charge >= 0.3 is 6.09 Å². The van der Waals surface area contributed by atoms with E-state index in [1.807, 2.05) is 37.3 Å². The Balaban J connectivity index is 1.65. The Morgan fingerprint density at radius 3 is 2.51 bits per heavy atom. The molecule has 0 saturated carbocycles. The van der Waals surface area contributed by atoms with Gasteiger partial charge in [0.1, 0.15) is 6.04 Å². The summed E-state index contributed by atoms with van der Waals surface area (Å²) in [4.78, 5) is 52.0. The van der Waals surface area contributed by atoms with Crippen LogP contribution >= 0.6 is 0 Å². The largest absolute Gasteiger partial charge is 0.436 e. The molecular weight excluding hydrogens is 448 g/mol. The van der Waals surface area contributed by atoms with Crippen LogP contribution in [0.4, 0.5) is 4.79 Å². The number of piperidine rings is 1. The van der Waals surface area contributed by atoms with Gasteiger partial charge in [-0.25, -0.2) is 4.79 Å². The molecule has 2 heterocycles. The van der Waals surface area contributed by atoms with Gasteiger partial charge in [-0.2, -0.15) is 0 Å². The van der Waals surface area contributed by atoms with Crippen LogP contribution in [0.15, 0.2) is 30.3 Å². The molecule has 2 fully saturated rings. The number of nitrogens with zero attached hydrogens (tertiary/aromatic N) is 1. The van der Waals surface area contributed by atoms with Crippen molar-refractivity contribution in [1.82, 2.24) is 15.5 Å². The average molecular weight is 487 g/mol. The highest BCUT2D eigenvalue weighted by molar-refractivity contribution is 5.91. The molecule has 35 heavy (non-hydrogen) atoms. The van der Waals surface area contributed by atoms with Crippen LogP contribution in [0.2, 0.25) is 0 Å². The number of carbonyl (C=O) groups excluding carboxylic acids is 4. The van der Waals surface area contributed by atoms with E-state index in [2.05, 4.69) is 10.6 Å². The van der Waals surface area contributed by atoms with Crippen LogP contribution in [0.5, 0.6) is 0 Å². The van der Waals surface area contributed by atoms with Crippen molar-refractivity contribution in [2.45, 2.75) is 70.4 Å². The van der Waals surface area contributed by atoms with Crippen LogP contribution in [-0.2, 0) is 25.5 Å². The molecule has 2 aliphatic rings. The molecule has 0 aliphatic carbocycles. The third-order valence-electron chi connectivity index (χ3n) is 6.90. The highest BCUT2D eigenvalue weighted by atomic mass is 16.6. The summed E-state index contributed by atoms with van der Waals surface area (Å²) in [6.07, 6.45) is 3.54. The van der Waals surface area contributed by atoms with Crippen molar-refractivity contribution in [3.05, 3.63) is 35.9 Å². The topological polar surface area (TPSA) is 131 Å². The predicted octanol–water partition coefficient (Wildman–Crippen LogP) is 2.13. The third-order valence-corrected chi connectivity index (χ3v) is 6.90. The fraction of sp³-hybridized carbons (Fsp3) is 0.615. The van der Waals surface area contributed by atoms with Gasteiger partial charge in [0, 0.05) is 25.6 Å². The Hall–Kier alpha value is -3.10. The third kappa shape index (κ3) is 8.26. The van der Waals surface area contributed by atoms with Crippen LogP contribution in [0.3, 0.4) is 0 Å². The van der Waals surface area contributed by atoms with Crippen LogP contribution in [0.25, 0.3) is 0 Å². The molecule has 0 unspecified atom stereocenters. The summed E-state index contributed by atoms with van der Waals surface area (Å²) in [5.41, 5.74) is 6.45. The van der Waals surface area contributed by atoms with Crippen LogP contribution in [0.1, 0.15) is 57.4 Å². The highest BCUT2D eigenvalue weighted by Crippen LogP contribution is 2.21. The average Bonchev–Trinajstić information content (AvgIpc) is 3.26. The minimum atomic E-state index is -1.10. The van der Waals surface area contributed by atoms with Gasteiger partial charge < -0.3 is 26.0 Å². The fourth-order valence-corrected chi connectivity index (χ4v) is 4.87. The number of primary amides is 1. The standard InChI is InChI=1S/C26H38N4O5/c1-18(10-11-19-8-4-2-5-9-19)16-22(35-26(27)34)24(32)29-21(17-20-12-13-28-23(20)31)25(33)30-14-6-3-7-15-30/h2,4-5,8-9,18,20-22H,3,6-7,10-17H2,1H3,(H2,27,34)(H,28,31)(H,29,32)/t18-,20-,21-,22-/m1/s1. The van der Waals surface area contributed by atoms with E-state index in [0.717, 1.165) is 32.1 Å². The maximum atomic E-state index is 13.3. The van der Waals surface area contributed by atoms with Gasteiger partial charge in [0.25, 0.3) is 5.91 Å². The molecule has 4 N–H and O–H groups in total. The minimum Gasteiger partial charge on any atom is -0.436 e. The molecule has 0 aromatic heterocycles. The molecule has 0 spiro atoms. The lowest BCUT2D eigenvalue weighted by molar-refractivity contribution is -0.140. The highest BCUT2D eigenvalue weighted by Gasteiger charge is 2.36. The van der Waals surface area contributed by atoms with Crippen LogP contribution in [0, 0.1) is 11.8 Å². The summed E-state index contributed by atoms with van der Waals surface area (Å²) in [7, 11) is 0. The maximum Gasteiger partial charge on any atom is 0.405 e. The zero-order chi connectivity index (χ0) is 25.2. The molecule has 2 saturated heterocycles. The van der Waals surface area contributed by atoms with Crippen molar-refractivity contribution in [2.75, 3.05) is 19.6 Å².